The first-order valence-electron chi connectivity index (χ1n) is 7.05. The third-order valence-corrected chi connectivity index (χ3v) is 3.47. The zero-order valence-electron chi connectivity index (χ0n) is 12.2. The van der Waals surface area contributed by atoms with Gasteiger partial charge in [0.1, 0.15) is 5.75 Å². The molecule has 0 unspecified atom stereocenters. The lowest BCUT2D eigenvalue weighted by molar-refractivity contribution is 0.232. The van der Waals surface area contributed by atoms with Gasteiger partial charge in [0.2, 0.25) is 5.88 Å². The molecule has 2 heterocycles. The van der Waals surface area contributed by atoms with Crippen molar-refractivity contribution in [3.63, 3.8) is 0 Å². The van der Waals surface area contributed by atoms with Gasteiger partial charge in [-0.2, -0.15) is 0 Å². The van der Waals surface area contributed by atoms with Gasteiger partial charge in [0, 0.05) is 18.1 Å². The van der Waals surface area contributed by atoms with Crippen LogP contribution in [0.1, 0.15) is 18.0 Å². The van der Waals surface area contributed by atoms with Gasteiger partial charge in [-0.15, -0.1) is 0 Å². The van der Waals surface area contributed by atoms with Gasteiger partial charge in [-0.3, -0.25) is 0 Å². The van der Waals surface area contributed by atoms with Crippen molar-refractivity contribution >= 4 is 11.7 Å². The highest BCUT2D eigenvalue weighted by atomic mass is 16.5. The molecular weight excluding hydrogens is 282 g/mol. The molecule has 0 bridgehead atoms. The number of carbonyl (C=O) groups excluding carboxylic acids is 1. The number of carbonyl (C=O) groups is 1. The number of benzene rings is 1. The van der Waals surface area contributed by atoms with Crippen LogP contribution in [0.15, 0.2) is 42.6 Å². The number of anilines is 1. The van der Waals surface area contributed by atoms with E-state index >= 15 is 0 Å². The highest BCUT2D eigenvalue weighted by Crippen LogP contribution is 2.31. The molecule has 2 aromatic rings. The fraction of sp³-hybridized carbons (Fsp3) is 0.250. The van der Waals surface area contributed by atoms with Crippen molar-refractivity contribution in [3.8, 4) is 11.6 Å². The Morgan fingerprint density at radius 2 is 2.18 bits per heavy atom. The topological polar surface area (TPSA) is 72.5 Å². The number of urea groups is 1. The number of aromatic nitrogens is 1. The molecule has 6 heteroatoms. The Bertz CT molecular complexity index is 658. The van der Waals surface area contributed by atoms with Crippen molar-refractivity contribution in [2.45, 2.75) is 12.5 Å². The van der Waals surface area contributed by atoms with E-state index in [2.05, 4.69) is 15.6 Å². The molecule has 6 nitrogen and oxygen atoms in total. The lowest BCUT2D eigenvalue weighted by Gasteiger charge is -2.26. The predicted molar refractivity (Wildman–Crippen MR) is 82.2 cm³/mol. The fourth-order valence-corrected chi connectivity index (χ4v) is 2.39. The molecule has 0 saturated carbocycles. The molecule has 1 atom stereocenters. The summed E-state index contributed by atoms with van der Waals surface area (Å²) in [6.45, 7) is 0.589. The number of nitrogens with one attached hydrogen (secondary N) is 2. The Morgan fingerprint density at radius 1 is 1.32 bits per heavy atom. The minimum absolute atomic E-state index is 0.0591. The van der Waals surface area contributed by atoms with Crippen molar-refractivity contribution in [1.82, 2.24) is 10.3 Å². The fourth-order valence-electron chi connectivity index (χ4n) is 2.39. The summed E-state index contributed by atoms with van der Waals surface area (Å²) in [7, 11) is 1.55. The molecule has 0 fully saturated rings. The van der Waals surface area contributed by atoms with Crippen LogP contribution < -0.4 is 20.1 Å². The Labute approximate surface area is 128 Å². The number of nitrogens with zero attached hydrogens (tertiary/aromatic N) is 1. The minimum atomic E-state index is -0.270. The van der Waals surface area contributed by atoms with Gasteiger partial charge in [-0.1, -0.05) is 18.2 Å². The summed E-state index contributed by atoms with van der Waals surface area (Å²) < 4.78 is 10.6. The second-order valence-corrected chi connectivity index (χ2v) is 4.92. The summed E-state index contributed by atoms with van der Waals surface area (Å²) in [5.41, 5.74) is 1.61. The van der Waals surface area contributed by atoms with E-state index in [4.69, 9.17) is 9.47 Å². The van der Waals surface area contributed by atoms with E-state index in [0.717, 1.165) is 17.7 Å². The van der Waals surface area contributed by atoms with Crippen LogP contribution in [0.2, 0.25) is 0 Å². The van der Waals surface area contributed by atoms with E-state index in [1.165, 1.54) is 0 Å². The van der Waals surface area contributed by atoms with Crippen LogP contribution in [-0.4, -0.2) is 24.7 Å². The maximum Gasteiger partial charge on any atom is 0.319 e. The Hall–Kier alpha value is -2.76. The van der Waals surface area contributed by atoms with Crippen molar-refractivity contribution in [1.29, 1.82) is 0 Å². The van der Waals surface area contributed by atoms with E-state index in [1.54, 1.807) is 25.4 Å². The van der Waals surface area contributed by atoms with E-state index in [1.807, 2.05) is 24.3 Å². The zero-order chi connectivity index (χ0) is 15.4. The van der Waals surface area contributed by atoms with E-state index in [9.17, 15) is 4.79 Å². The summed E-state index contributed by atoms with van der Waals surface area (Å²) in [5, 5.41) is 5.73. The summed E-state index contributed by atoms with van der Waals surface area (Å²) in [6, 6.07) is 10.8. The van der Waals surface area contributed by atoms with Crippen molar-refractivity contribution in [2.75, 3.05) is 19.0 Å². The molecule has 22 heavy (non-hydrogen) atoms. The number of amides is 2. The number of para-hydroxylation sites is 1. The standard InChI is InChI=1S/C16H17N3O3/c1-21-15-7-6-11(10-17-15)18-16(20)19-13-8-9-22-14-5-3-2-4-12(13)14/h2-7,10,13H,8-9H2,1H3,(H2,18,19,20)/t13-/m1/s1. The van der Waals surface area contributed by atoms with Crippen LogP contribution in [0.5, 0.6) is 11.6 Å². The van der Waals surface area contributed by atoms with E-state index in [-0.39, 0.29) is 12.1 Å². The van der Waals surface area contributed by atoms with Crippen molar-refractivity contribution in [3.05, 3.63) is 48.2 Å². The van der Waals surface area contributed by atoms with Crippen LogP contribution in [0.25, 0.3) is 0 Å². The molecule has 1 aliphatic rings. The quantitative estimate of drug-likeness (QED) is 0.914. The molecule has 0 spiro atoms. The molecule has 2 amide bonds. The van der Waals surface area contributed by atoms with Crippen molar-refractivity contribution in [2.24, 2.45) is 0 Å². The van der Waals surface area contributed by atoms with Crippen LogP contribution >= 0.6 is 0 Å². The first-order chi connectivity index (χ1) is 10.8. The van der Waals surface area contributed by atoms with Gasteiger partial charge in [0.25, 0.3) is 0 Å². The average molecular weight is 299 g/mol. The molecule has 3 rings (SSSR count). The monoisotopic (exact) mass is 299 g/mol. The Kier molecular flexibility index (Phi) is 4.09. The zero-order valence-corrected chi connectivity index (χ0v) is 12.2. The van der Waals surface area contributed by atoms with Gasteiger partial charge in [0.15, 0.2) is 0 Å². The predicted octanol–water partition coefficient (Wildman–Crippen LogP) is 2.74. The molecule has 0 saturated heterocycles. The molecular formula is C16H17N3O3. The number of hydrogen-bond acceptors (Lipinski definition) is 4. The summed E-state index contributed by atoms with van der Waals surface area (Å²) >= 11 is 0. The number of hydrogen-bond donors (Lipinski definition) is 2. The second kappa shape index (κ2) is 6.34. The maximum atomic E-state index is 12.1. The lowest BCUT2D eigenvalue weighted by Crippen LogP contribution is -2.35. The van der Waals surface area contributed by atoms with Crippen LogP contribution in [0.4, 0.5) is 10.5 Å². The molecule has 1 aliphatic heterocycles. The molecule has 1 aromatic carbocycles. The molecule has 1 aromatic heterocycles. The average Bonchev–Trinajstić information content (AvgIpc) is 2.56. The van der Waals surface area contributed by atoms with Gasteiger partial charge in [-0.25, -0.2) is 9.78 Å². The van der Waals surface area contributed by atoms with Gasteiger partial charge in [0.05, 0.1) is 31.6 Å². The number of pyridine rings is 1. The highest BCUT2D eigenvalue weighted by molar-refractivity contribution is 5.89. The van der Waals surface area contributed by atoms with E-state index < -0.39 is 0 Å². The van der Waals surface area contributed by atoms with Gasteiger partial charge >= 0.3 is 6.03 Å². The summed E-state index contributed by atoms with van der Waals surface area (Å²) in [4.78, 5) is 16.2. The third-order valence-electron chi connectivity index (χ3n) is 3.47. The number of rotatable bonds is 3. The number of methoxy groups -OCH3 is 1. The SMILES string of the molecule is COc1ccc(NC(=O)N[C@@H]2CCOc3ccccc32)cn1. The maximum absolute atomic E-state index is 12.1. The summed E-state index contributed by atoms with van der Waals surface area (Å²) in [5.74, 6) is 1.33. The normalized spacial score (nSPS) is 16.1. The molecule has 0 aliphatic carbocycles. The second-order valence-electron chi connectivity index (χ2n) is 4.92. The third kappa shape index (κ3) is 3.11. The molecule has 2 N–H and O–H groups in total. The smallest absolute Gasteiger partial charge is 0.319 e. The Morgan fingerprint density at radius 3 is 2.95 bits per heavy atom. The van der Waals surface area contributed by atoms with Crippen LogP contribution in [0, 0.1) is 0 Å². The Balaban J connectivity index is 1.65. The van der Waals surface area contributed by atoms with Gasteiger partial charge in [-0.05, 0) is 12.1 Å². The summed E-state index contributed by atoms with van der Waals surface area (Å²) in [6.07, 6.45) is 2.29. The number of fused-ring (bicyclic) bond motifs is 1. The first-order valence-corrected chi connectivity index (χ1v) is 7.05. The first kappa shape index (κ1) is 14.2. The van der Waals surface area contributed by atoms with Crippen LogP contribution in [-0.2, 0) is 0 Å². The number of ether oxygens (including phenoxy) is 2. The minimum Gasteiger partial charge on any atom is -0.493 e. The van der Waals surface area contributed by atoms with E-state index in [0.29, 0.717) is 18.2 Å². The molecule has 114 valence electrons. The lowest BCUT2D eigenvalue weighted by atomic mass is 10.0. The van der Waals surface area contributed by atoms with Crippen molar-refractivity contribution < 1.29 is 14.3 Å². The molecule has 0 radical (unpaired) electrons. The highest BCUT2D eigenvalue weighted by Gasteiger charge is 2.22. The van der Waals surface area contributed by atoms with Gasteiger partial charge < -0.3 is 20.1 Å². The van der Waals surface area contributed by atoms with Crippen LogP contribution in [0.3, 0.4) is 0 Å². The largest absolute Gasteiger partial charge is 0.493 e.